The summed E-state index contributed by atoms with van der Waals surface area (Å²) in [6.45, 7) is 8.75. The highest BCUT2D eigenvalue weighted by atomic mass is 16.5. The number of benzene rings is 1. The fourth-order valence-electron chi connectivity index (χ4n) is 4.52. The summed E-state index contributed by atoms with van der Waals surface area (Å²) in [5.41, 5.74) is 0.506. The number of carbonyl (C=O) groups excluding carboxylic acids is 2. The maximum absolute atomic E-state index is 12.7. The topological polar surface area (TPSA) is 82.1 Å². The Hall–Kier alpha value is -2.12. The molecule has 1 aromatic rings. The number of piperidine rings is 2. The van der Waals surface area contributed by atoms with Crippen LogP contribution in [0.5, 0.6) is 5.75 Å². The Morgan fingerprint density at radius 1 is 1.23 bits per heavy atom. The molecule has 166 valence electrons. The molecular weight excluding hydrogens is 382 g/mol. The van der Waals surface area contributed by atoms with Gasteiger partial charge in [0.05, 0.1) is 11.5 Å². The van der Waals surface area contributed by atoms with Gasteiger partial charge in [-0.3, -0.25) is 14.5 Å². The maximum atomic E-state index is 12.7. The lowest BCUT2D eigenvalue weighted by Gasteiger charge is -2.47. The Balaban J connectivity index is 1.48. The molecule has 3 rings (SSSR count). The van der Waals surface area contributed by atoms with Crippen molar-refractivity contribution in [3.05, 3.63) is 29.8 Å². The Labute approximate surface area is 179 Å². The highest BCUT2D eigenvalue weighted by Gasteiger charge is 2.47. The van der Waals surface area contributed by atoms with Crippen LogP contribution in [0.4, 0.5) is 0 Å². The maximum Gasteiger partial charge on any atom is 0.258 e. The SMILES string of the molecule is CN1CC(O)CC2(CCN(Cc3ccc(OCC(=O)NC(C)(C)C)cc3)CC2)C1=O. The molecule has 2 aliphatic rings. The Kier molecular flexibility index (Phi) is 6.72. The molecule has 1 atom stereocenters. The largest absolute Gasteiger partial charge is 0.484 e. The molecule has 0 bridgehead atoms. The molecular formula is C23H35N3O4. The van der Waals surface area contributed by atoms with Crippen molar-refractivity contribution in [1.29, 1.82) is 0 Å². The molecule has 2 saturated heterocycles. The third kappa shape index (κ3) is 5.73. The van der Waals surface area contributed by atoms with E-state index in [0.717, 1.165) is 32.5 Å². The number of hydrogen-bond acceptors (Lipinski definition) is 5. The third-order valence-corrected chi connectivity index (χ3v) is 5.94. The van der Waals surface area contributed by atoms with Gasteiger partial charge in [-0.05, 0) is 70.8 Å². The van der Waals surface area contributed by atoms with Crippen LogP contribution in [0, 0.1) is 5.41 Å². The summed E-state index contributed by atoms with van der Waals surface area (Å²) in [6.07, 6.45) is 1.74. The molecule has 0 aliphatic carbocycles. The average Bonchev–Trinajstić information content (AvgIpc) is 2.66. The number of likely N-dealkylation sites (tertiary alicyclic amines) is 2. The lowest BCUT2D eigenvalue weighted by Crippen LogP contribution is -2.56. The normalized spacial score (nSPS) is 22.2. The number of ether oxygens (including phenoxy) is 1. The minimum Gasteiger partial charge on any atom is -0.484 e. The number of hydrogen-bond donors (Lipinski definition) is 2. The zero-order valence-corrected chi connectivity index (χ0v) is 18.6. The van der Waals surface area contributed by atoms with Gasteiger partial charge >= 0.3 is 0 Å². The Morgan fingerprint density at radius 2 is 1.87 bits per heavy atom. The van der Waals surface area contributed by atoms with Crippen molar-refractivity contribution in [3.63, 3.8) is 0 Å². The second kappa shape index (κ2) is 8.94. The van der Waals surface area contributed by atoms with Crippen molar-refractivity contribution in [1.82, 2.24) is 15.1 Å². The van der Waals surface area contributed by atoms with E-state index in [2.05, 4.69) is 10.2 Å². The molecule has 1 unspecified atom stereocenters. The van der Waals surface area contributed by atoms with E-state index in [9.17, 15) is 14.7 Å². The van der Waals surface area contributed by atoms with E-state index in [1.165, 1.54) is 5.56 Å². The number of aliphatic hydroxyl groups is 1. The number of carbonyl (C=O) groups is 2. The molecule has 7 heteroatoms. The first kappa shape index (κ1) is 22.6. The van der Waals surface area contributed by atoms with E-state index in [0.29, 0.717) is 18.7 Å². The minimum atomic E-state index is -0.419. The monoisotopic (exact) mass is 417 g/mol. The number of likely N-dealkylation sites (N-methyl/N-ethyl adjacent to an activating group) is 1. The second-order valence-electron chi connectivity index (χ2n) is 9.83. The Bertz CT molecular complexity index is 749. The number of β-amino-alcohol motifs (C(OH)–C–C–N with tert-alkyl or cyclic N) is 1. The van der Waals surface area contributed by atoms with E-state index < -0.39 is 11.5 Å². The molecule has 0 radical (unpaired) electrons. The minimum absolute atomic E-state index is 0.000843. The van der Waals surface area contributed by atoms with Gasteiger partial charge in [-0.25, -0.2) is 0 Å². The van der Waals surface area contributed by atoms with Gasteiger partial charge < -0.3 is 20.1 Å². The van der Waals surface area contributed by atoms with Gasteiger partial charge in [0.2, 0.25) is 5.91 Å². The van der Waals surface area contributed by atoms with Gasteiger partial charge in [0.15, 0.2) is 6.61 Å². The van der Waals surface area contributed by atoms with Crippen molar-refractivity contribution in [2.75, 3.05) is 33.3 Å². The van der Waals surface area contributed by atoms with E-state index in [-0.39, 0.29) is 24.0 Å². The Morgan fingerprint density at radius 3 is 2.47 bits per heavy atom. The molecule has 30 heavy (non-hydrogen) atoms. The van der Waals surface area contributed by atoms with Crippen LogP contribution in [0.1, 0.15) is 45.6 Å². The van der Waals surface area contributed by atoms with E-state index in [1.807, 2.05) is 45.0 Å². The molecule has 0 aromatic heterocycles. The first-order chi connectivity index (χ1) is 14.1. The van der Waals surface area contributed by atoms with Gasteiger partial charge in [0.1, 0.15) is 5.75 Å². The summed E-state index contributed by atoms with van der Waals surface area (Å²) in [5, 5.41) is 13.0. The quantitative estimate of drug-likeness (QED) is 0.763. The third-order valence-electron chi connectivity index (χ3n) is 5.94. The highest BCUT2D eigenvalue weighted by Crippen LogP contribution is 2.40. The molecule has 7 nitrogen and oxygen atoms in total. The van der Waals surface area contributed by atoms with Crippen LogP contribution >= 0.6 is 0 Å². The lowest BCUT2D eigenvalue weighted by molar-refractivity contribution is -0.154. The summed E-state index contributed by atoms with van der Waals surface area (Å²) in [5.74, 6) is 0.719. The van der Waals surface area contributed by atoms with Gasteiger partial charge in [-0.2, -0.15) is 0 Å². The van der Waals surface area contributed by atoms with E-state index in [4.69, 9.17) is 4.74 Å². The zero-order valence-electron chi connectivity index (χ0n) is 18.6. The summed E-state index contributed by atoms with van der Waals surface area (Å²) < 4.78 is 5.57. The fraction of sp³-hybridized carbons (Fsp3) is 0.652. The summed E-state index contributed by atoms with van der Waals surface area (Å²) in [6, 6.07) is 7.82. The first-order valence-electron chi connectivity index (χ1n) is 10.8. The van der Waals surface area contributed by atoms with E-state index >= 15 is 0 Å². The summed E-state index contributed by atoms with van der Waals surface area (Å²) in [7, 11) is 1.79. The van der Waals surface area contributed by atoms with E-state index in [1.54, 1.807) is 11.9 Å². The summed E-state index contributed by atoms with van der Waals surface area (Å²) >= 11 is 0. The van der Waals surface area contributed by atoms with Crippen LogP contribution < -0.4 is 10.1 Å². The number of nitrogens with one attached hydrogen (secondary N) is 1. The molecule has 2 fully saturated rings. The first-order valence-corrected chi connectivity index (χ1v) is 10.8. The molecule has 2 heterocycles. The zero-order chi connectivity index (χ0) is 21.9. The lowest BCUT2D eigenvalue weighted by atomic mass is 9.71. The standard InChI is InChI=1S/C23H35N3O4/c1-22(2,3)24-20(28)16-30-19-7-5-17(6-8-19)14-26-11-9-23(10-12-26)13-18(27)15-25(4)21(23)29/h5-8,18,27H,9-16H2,1-4H3,(H,24,28). The number of amides is 2. The van der Waals surface area contributed by atoms with Crippen LogP contribution in [-0.4, -0.2) is 71.7 Å². The van der Waals surface area contributed by atoms with Crippen molar-refractivity contribution in [2.45, 2.75) is 58.2 Å². The molecule has 2 amide bonds. The van der Waals surface area contributed by atoms with Gasteiger partial charge in [-0.15, -0.1) is 0 Å². The van der Waals surface area contributed by atoms with Crippen molar-refractivity contribution < 1.29 is 19.4 Å². The van der Waals surface area contributed by atoms with Gasteiger partial charge in [0, 0.05) is 25.7 Å². The van der Waals surface area contributed by atoms with Crippen molar-refractivity contribution >= 4 is 11.8 Å². The van der Waals surface area contributed by atoms with Gasteiger partial charge in [-0.1, -0.05) is 12.1 Å². The fourth-order valence-corrected chi connectivity index (χ4v) is 4.52. The second-order valence-corrected chi connectivity index (χ2v) is 9.83. The molecule has 1 spiro atoms. The molecule has 0 saturated carbocycles. The van der Waals surface area contributed by atoms with Gasteiger partial charge in [0.25, 0.3) is 5.91 Å². The van der Waals surface area contributed by atoms with Crippen molar-refractivity contribution in [2.24, 2.45) is 5.41 Å². The van der Waals surface area contributed by atoms with Crippen LogP contribution in [0.15, 0.2) is 24.3 Å². The predicted molar refractivity (Wildman–Crippen MR) is 115 cm³/mol. The smallest absolute Gasteiger partial charge is 0.258 e. The molecule has 1 aromatic carbocycles. The molecule has 2 N–H and O–H groups in total. The van der Waals surface area contributed by atoms with Crippen LogP contribution in [0.25, 0.3) is 0 Å². The summed E-state index contributed by atoms with van der Waals surface area (Å²) in [4.78, 5) is 28.6. The highest BCUT2D eigenvalue weighted by molar-refractivity contribution is 5.83. The van der Waals surface area contributed by atoms with Crippen LogP contribution in [0.3, 0.4) is 0 Å². The van der Waals surface area contributed by atoms with Crippen LogP contribution in [-0.2, 0) is 16.1 Å². The number of rotatable bonds is 5. The molecule has 2 aliphatic heterocycles. The van der Waals surface area contributed by atoms with Crippen LogP contribution in [0.2, 0.25) is 0 Å². The average molecular weight is 418 g/mol. The number of aliphatic hydroxyl groups excluding tert-OH is 1. The number of nitrogens with zero attached hydrogens (tertiary/aromatic N) is 2. The predicted octanol–water partition coefficient (Wildman–Crippen LogP) is 1.79. The van der Waals surface area contributed by atoms with Crippen molar-refractivity contribution in [3.8, 4) is 5.75 Å².